The third kappa shape index (κ3) is 13.2. The summed E-state index contributed by atoms with van der Waals surface area (Å²) in [5, 5.41) is 17.3. The standard InChI is InChI=1S/C25H40N8O6/c1-14(2)11-18(32-21(35)16(26)13-20(27)34)23(37)31-17(9-6-10-30-25(28)29)22(36)33-19(24(38)39)12-15-7-4-3-5-8-15/h3-5,7-8,14,16-19H,6,9-13,26H2,1-2H3,(H2,27,34)(H,31,37)(H,32,35)(H,33,36)(H,38,39)(H4,28,29,30). The fourth-order valence-electron chi connectivity index (χ4n) is 3.66. The van der Waals surface area contributed by atoms with Gasteiger partial charge in [0.25, 0.3) is 0 Å². The highest BCUT2D eigenvalue weighted by Gasteiger charge is 2.31. The van der Waals surface area contributed by atoms with E-state index < -0.39 is 60.2 Å². The molecule has 14 heteroatoms. The number of amides is 4. The molecule has 14 nitrogen and oxygen atoms in total. The Balaban J connectivity index is 3.08. The Labute approximate surface area is 227 Å². The molecule has 0 radical (unpaired) electrons. The van der Waals surface area contributed by atoms with E-state index in [0.717, 1.165) is 0 Å². The van der Waals surface area contributed by atoms with Crippen molar-refractivity contribution in [2.45, 2.75) is 70.1 Å². The maximum absolute atomic E-state index is 13.2. The third-order valence-electron chi connectivity index (χ3n) is 5.57. The highest BCUT2D eigenvalue weighted by atomic mass is 16.4. The second-order valence-corrected chi connectivity index (χ2v) is 9.57. The van der Waals surface area contributed by atoms with Crippen LogP contribution in [0, 0.1) is 5.92 Å². The molecule has 0 heterocycles. The van der Waals surface area contributed by atoms with E-state index in [4.69, 9.17) is 22.9 Å². The molecule has 4 unspecified atom stereocenters. The van der Waals surface area contributed by atoms with E-state index in [2.05, 4.69) is 20.9 Å². The van der Waals surface area contributed by atoms with Crippen LogP contribution in [0.25, 0.3) is 0 Å². The summed E-state index contributed by atoms with van der Waals surface area (Å²) in [7, 11) is 0. The monoisotopic (exact) mass is 548 g/mol. The molecule has 39 heavy (non-hydrogen) atoms. The number of rotatable bonds is 17. The van der Waals surface area contributed by atoms with Gasteiger partial charge in [0.15, 0.2) is 5.96 Å². The summed E-state index contributed by atoms with van der Waals surface area (Å²) in [6, 6.07) is 4.01. The van der Waals surface area contributed by atoms with Gasteiger partial charge in [-0.15, -0.1) is 0 Å². The molecule has 1 aromatic carbocycles. The summed E-state index contributed by atoms with van der Waals surface area (Å²) in [5.74, 6) is -4.35. The number of aliphatic imine (C=N–C) groups is 1. The summed E-state index contributed by atoms with van der Waals surface area (Å²) in [4.78, 5) is 65.7. The van der Waals surface area contributed by atoms with Crippen LogP contribution in [0.1, 0.15) is 45.1 Å². The van der Waals surface area contributed by atoms with E-state index in [9.17, 15) is 29.1 Å². The van der Waals surface area contributed by atoms with Crippen molar-refractivity contribution in [1.29, 1.82) is 0 Å². The van der Waals surface area contributed by atoms with Crippen LogP contribution >= 0.6 is 0 Å². The third-order valence-corrected chi connectivity index (χ3v) is 5.57. The van der Waals surface area contributed by atoms with Gasteiger partial charge in [-0.3, -0.25) is 24.2 Å². The lowest BCUT2D eigenvalue weighted by atomic mass is 10.0. The van der Waals surface area contributed by atoms with E-state index in [-0.39, 0.29) is 44.1 Å². The number of guanidine groups is 1. The minimum atomic E-state index is -1.25. The minimum Gasteiger partial charge on any atom is -0.480 e. The first-order chi connectivity index (χ1) is 18.3. The van der Waals surface area contributed by atoms with Crippen LogP contribution < -0.4 is 38.9 Å². The van der Waals surface area contributed by atoms with Crippen molar-refractivity contribution in [2.24, 2.45) is 33.8 Å². The number of nitrogens with zero attached hydrogens (tertiary/aromatic N) is 1. The number of carboxylic acids is 1. The van der Waals surface area contributed by atoms with E-state index in [1.165, 1.54) is 0 Å². The number of nitrogens with two attached hydrogens (primary N) is 4. The van der Waals surface area contributed by atoms with E-state index >= 15 is 0 Å². The summed E-state index contributed by atoms with van der Waals surface area (Å²) in [6.45, 7) is 3.83. The van der Waals surface area contributed by atoms with E-state index in [0.29, 0.717) is 5.56 Å². The molecule has 0 aliphatic carbocycles. The Hall–Kier alpha value is -4.20. The molecule has 0 spiro atoms. The van der Waals surface area contributed by atoms with Gasteiger partial charge < -0.3 is 44.0 Å². The fraction of sp³-hybridized carbons (Fsp3) is 0.520. The lowest BCUT2D eigenvalue weighted by molar-refractivity contribution is -0.142. The maximum Gasteiger partial charge on any atom is 0.326 e. The SMILES string of the molecule is CC(C)CC(NC(=O)C(N)CC(N)=O)C(=O)NC(CCCN=C(N)N)C(=O)NC(Cc1ccccc1)C(=O)O. The first kappa shape index (κ1) is 32.8. The van der Waals surface area contributed by atoms with Gasteiger partial charge in [0.05, 0.1) is 12.5 Å². The highest BCUT2D eigenvalue weighted by Crippen LogP contribution is 2.09. The largest absolute Gasteiger partial charge is 0.480 e. The van der Waals surface area contributed by atoms with Crippen molar-refractivity contribution in [3.05, 3.63) is 35.9 Å². The van der Waals surface area contributed by atoms with Gasteiger partial charge in [-0.25, -0.2) is 4.79 Å². The molecule has 4 atom stereocenters. The topological polar surface area (TPSA) is 258 Å². The quantitative estimate of drug-likeness (QED) is 0.0611. The number of nitrogens with one attached hydrogen (secondary N) is 3. The molecule has 0 saturated heterocycles. The molecule has 0 saturated carbocycles. The van der Waals surface area contributed by atoms with E-state index in [1.807, 2.05) is 13.8 Å². The van der Waals surface area contributed by atoms with Crippen LogP contribution in [-0.4, -0.2) is 71.4 Å². The number of hydrogen-bond acceptors (Lipinski definition) is 7. The Bertz CT molecular complexity index is 1010. The molecule has 1 rings (SSSR count). The lowest BCUT2D eigenvalue weighted by Gasteiger charge is -2.26. The molecule has 1 aromatic rings. The van der Waals surface area contributed by atoms with Gasteiger partial charge in [-0.1, -0.05) is 44.2 Å². The highest BCUT2D eigenvalue weighted by molar-refractivity contribution is 5.95. The summed E-state index contributed by atoms with van der Waals surface area (Å²) in [5.41, 5.74) is 22.2. The maximum atomic E-state index is 13.2. The molecular formula is C25H40N8O6. The van der Waals surface area contributed by atoms with E-state index in [1.54, 1.807) is 30.3 Å². The van der Waals surface area contributed by atoms with Crippen molar-refractivity contribution in [2.75, 3.05) is 6.54 Å². The Morgan fingerprint density at radius 2 is 1.44 bits per heavy atom. The summed E-state index contributed by atoms with van der Waals surface area (Å²) >= 11 is 0. The van der Waals surface area contributed by atoms with Crippen LogP contribution in [0.3, 0.4) is 0 Å². The van der Waals surface area contributed by atoms with Crippen LogP contribution in [0.15, 0.2) is 35.3 Å². The molecule has 0 bridgehead atoms. The van der Waals surface area contributed by atoms with Gasteiger partial charge >= 0.3 is 5.97 Å². The number of carboxylic acid groups (broad SMARTS) is 1. The van der Waals surface area contributed by atoms with Crippen LogP contribution in [0.5, 0.6) is 0 Å². The van der Waals surface area contributed by atoms with Crippen molar-refractivity contribution >= 4 is 35.6 Å². The second-order valence-electron chi connectivity index (χ2n) is 9.57. The predicted octanol–water partition coefficient (Wildman–Crippen LogP) is -1.93. The molecule has 4 amide bonds. The van der Waals surface area contributed by atoms with Gasteiger partial charge in [0.2, 0.25) is 23.6 Å². The minimum absolute atomic E-state index is 0.0281. The Kier molecular flexibility index (Phi) is 14.0. The average Bonchev–Trinajstić information content (AvgIpc) is 2.84. The Morgan fingerprint density at radius 3 is 1.97 bits per heavy atom. The molecule has 216 valence electrons. The lowest BCUT2D eigenvalue weighted by Crippen LogP contribution is -2.57. The number of benzene rings is 1. The molecule has 0 fully saturated rings. The van der Waals surface area contributed by atoms with Crippen LogP contribution in [0.4, 0.5) is 0 Å². The van der Waals surface area contributed by atoms with Crippen molar-refractivity contribution in [3.63, 3.8) is 0 Å². The Morgan fingerprint density at radius 1 is 0.872 bits per heavy atom. The number of carbonyl (C=O) groups is 5. The van der Waals surface area contributed by atoms with Crippen molar-refractivity contribution in [1.82, 2.24) is 16.0 Å². The van der Waals surface area contributed by atoms with Crippen molar-refractivity contribution < 1.29 is 29.1 Å². The van der Waals surface area contributed by atoms with Gasteiger partial charge in [0.1, 0.15) is 18.1 Å². The number of primary amides is 1. The van der Waals surface area contributed by atoms with Crippen molar-refractivity contribution in [3.8, 4) is 0 Å². The number of carbonyl (C=O) groups excluding carboxylic acids is 4. The summed E-state index contributed by atoms with van der Waals surface area (Å²) < 4.78 is 0. The first-order valence-electron chi connectivity index (χ1n) is 12.6. The molecule has 12 N–H and O–H groups in total. The zero-order valence-electron chi connectivity index (χ0n) is 22.3. The number of hydrogen-bond donors (Lipinski definition) is 8. The molecular weight excluding hydrogens is 508 g/mol. The average molecular weight is 549 g/mol. The summed E-state index contributed by atoms with van der Waals surface area (Å²) in [6.07, 6.45) is 0.192. The zero-order valence-corrected chi connectivity index (χ0v) is 22.3. The number of aliphatic carboxylic acids is 1. The molecule has 0 aliphatic rings. The first-order valence-corrected chi connectivity index (χ1v) is 12.6. The van der Waals surface area contributed by atoms with Gasteiger partial charge in [-0.05, 0) is 30.7 Å². The fourth-order valence-corrected chi connectivity index (χ4v) is 3.66. The van der Waals surface area contributed by atoms with Crippen LogP contribution in [-0.2, 0) is 30.4 Å². The van der Waals surface area contributed by atoms with Crippen LogP contribution in [0.2, 0.25) is 0 Å². The normalized spacial score (nSPS) is 13.8. The molecule has 0 aromatic heterocycles. The predicted molar refractivity (Wildman–Crippen MR) is 145 cm³/mol. The zero-order chi connectivity index (χ0) is 29.5. The smallest absolute Gasteiger partial charge is 0.326 e. The molecule has 0 aliphatic heterocycles. The second kappa shape index (κ2) is 16.6. The van der Waals surface area contributed by atoms with Gasteiger partial charge in [0, 0.05) is 13.0 Å². The van der Waals surface area contributed by atoms with Gasteiger partial charge in [-0.2, -0.15) is 0 Å².